The first-order valence-electron chi connectivity index (χ1n) is 12.4. The van der Waals surface area contributed by atoms with Gasteiger partial charge in [-0.3, -0.25) is 14.5 Å². The van der Waals surface area contributed by atoms with E-state index in [0.29, 0.717) is 45.2 Å². The average Bonchev–Trinajstić information content (AvgIpc) is 3.49. The Balaban J connectivity index is 1.71. The Kier molecular flexibility index (Phi) is 7.52. The Bertz CT molecular complexity index is 1650. The van der Waals surface area contributed by atoms with E-state index in [1.54, 1.807) is 48.5 Å². The van der Waals surface area contributed by atoms with Gasteiger partial charge in [-0.2, -0.15) is 0 Å². The molecule has 0 spiro atoms. The van der Waals surface area contributed by atoms with Crippen LogP contribution < -0.4 is 19.1 Å². The summed E-state index contributed by atoms with van der Waals surface area (Å²) in [6, 6.07) is 14.5. The van der Waals surface area contributed by atoms with E-state index in [2.05, 4.69) is 11.6 Å². The maximum absolute atomic E-state index is 13.9. The zero-order chi connectivity index (χ0) is 28.4. The van der Waals surface area contributed by atoms with E-state index >= 15 is 0 Å². The number of thiazole rings is 1. The lowest BCUT2D eigenvalue weighted by Crippen LogP contribution is -2.29. The third-order valence-corrected chi connectivity index (χ3v) is 7.31. The number of aliphatic hydroxyl groups is 1. The molecule has 1 amide bonds. The highest BCUT2D eigenvalue weighted by molar-refractivity contribution is 7.22. The fraction of sp³-hybridized carbons (Fsp3) is 0.167. The number of nitrogens with zero attached hydrogens (tertiary/aromatic N) is 2. The van der Waals surface area contributed by atoms with Gasteiger partial charge in [0.05, 0.1) is 35.5 Å². The number of hydrogen-bond donors (Lipinski definition) is 1. The molecule has 3 aromatic carbocycles. The van der Waals surface area contributed by atoms with Gasteiger partial charge in [0.1, 0.15) is 23.9 Å². The number of ether oxygens (including phenoxy) is 3. The molecule has 1 N–H and O–H groups in total. The summed E-state index contributed by atoms with van der Waals surface area (Å²) >= 11 is 1.07. The normalized spacial score (nSPS) is 16.4. The van der Waals surface area contributed by atoms with Crippen LogP contribution in [0.25, 0.3) is 16.0 Å². The zero-order valence-electron chi connectivity index (χ0n) is 21.7. The van der Waals surface area contributed by atoms with E-state index in [0.717, 1.165) is 11.3 Å². The number of benzene rings is 3. The number of Topliss-reactive ketones (excluding diaryl/α,β-unsaturated/α-hetero) is 1. The van der Waals surface area contributed by atoms with E-state index < -0.39 is 23.5 Å². The number of hydrogen-bond acceptors (Lipinski definition) is 8. The second kappa shape index (κ2) is 11.2. The Morgan fingerprint density at radius 3 is 2.58 bits per heavy atom. The van der Waals surface area contributed by atoms with E-state index in [1.807, 2.05) is 6.92 Å². The lowest BCUT2D eigenvalue weighted by Gasteiger charge is -2.24. The standard InChI is InChI=1S/C30H25FN2O6S/c1-4-14-39-22-13-8-18(15-23(22)38-5-2)26-25(27(34)17-6-10-20(37-3)11-7-17)28(35)29(36)33(26)30-32-21-12-9-19(31)16-24(21)40-30/h4,6-13,15-16,26,34H,1,5,14H2,2-3H3/b27-25+. The summed E-state index contributed by atoms with van der Waals surface area (Å²) in [6.07, 6.45) is 1.60. The van der Waals surface area contributed by atoms with Crippen molar-refractivity contribution in [1.29, 1.82) is 0 Å². The van der Waals surface area contributed by atoms with E-state index in [9.17, 15) is 19.1 Å². The summed E-state index contributed by atoms with van der Waals surface area (Å²) in [4.78, 5) is 32.8. The molecule has 4 aromatic rings. The largest absolute Gasteiger partial charge is 0.507 e. The molecule has 5 rings (SSSR count). The van der Waals surface area contributed by atoms with Gasteiger partial charge in [0.15, 0.2) is 16.6 Å². The predicted octanol–water partition coefficient (Wildman–Crippen LogP) is 6.03. The number of carbonyl (C=O) groups excluding carboxylic acids is 2. The maximum Gasteiger partial charge on any atom is 0.301 e. The Morgan fingerprint density at radius 2 is 1.88 bits per heavy atom. The molecule has 1 aliphatic rings. The van der Waals surface area contributed by atoms with Gasteiger partial charge in [0.2, 0.25) is 0 Å². The summed E-state index contributed by atoms with van der Waals surface area (Å²) in [5.74, 6) is -1.15. The van der Waals surface area contributed by atoms with Crippen LogP contribution in [0.1, 0.15) is 24.1 Å². The van der Waals surface area contributed by atoms with Crippen molar-refractivity contribution >= 4 is 44.1 Å². The highest BCUT2D eigenvalue weighted by Crippen LogP contribution is 2.46. The number of methoxy groups -OCH3 is 1. The Morgan fingerprint density at radius 1 is 1.10 bits per heavy atom. The van der Waals surface area contributed by atoms with Gasteiger partial charge in [0, 0.05) is 5.56 Å². The Hall–Kier alpha value is -4.70. The average molecular weight is 561 g/mol. The van der Waals surface area contributed by atoms with Crippen LogP contribution in [0.3, 0.4) is 0 Å². The number of carbonyl (C=O) groups is 2. The molecule has 0 bridgehead atoms. The van der Waals surface area contributed by atoms with Crippen LogP contribution >= 0.6 is 11.3 Å². The van der Waals surface area contributed by atoms with E-state index in [-0.39, 0.29) is 23.1 Å². The predicted molar refractivity (Wildman–Crippen MR) is 151 cm³/mol. The number of aromatic nitrogens is 1. The van der Waals surface area contributed by atoms with Gasteiger partial charge < -0.3 is 19.3 Å². The smallest absolute Gasteiger partial charge is 0.301 e. The van der Waals surface area contributed by atoms with Gasteiger partial charge >= 0.3 is 5.91 Å². The lowest BCUT2D eigenvalue weighted by atomic mass is 9.95. The number of rotatable bonds is 9. The van der Waals surface area contributed by atoms with Crippen LogP contribution in [-0.2, 0) is 9.59 Å². The molecule has 1 saturated heterocycles. The molecular weight excluding hydrogens is 535 g/mol. The second-order valence-electron chi connectivity index (χ2n) is 8.74. The monoisotopic (exact) mass is 560 g/mol. The van der Waals surface area contributed by atoms with Crippen LogP contribution in [0.15, 0.2) is 78.9 Å². The maximum atomic E-state index is 13.9. The van der Waals surface area contributed by atoms with Crippen molar-refractivity contribution in [3.63, 3.8) is 0 Å². The van der Waals surface area contributed by atoms with Crippen molar-refractivity contribution in [1.82, 2.24) is 4.98 Å². The number of amides is 1. The molecule has 8 nitrogen and oxygen atoms in total. The summed E-state index contributed by atoms with van der Waals surface area (Å²) in [5, 5.41) is 11.6. The first-order chi connectivity index (χ1) is 19.4. The summed E-state index contributed by atoms with van der Waals surface area (Å²) in [7, 11) is 1.52. The van der Waals surface area contributed by atoms with E-state index in [1.165, 1.54) is 30.2 Å². The van der Waals surface area contributed by atoms with Crippen molar-refractivity contribution in [2.24, 2.45) is 0 Å². The highest BCUT2D eigenvalue weighted by Gasteiger charge is 2.48. The lowest BCUT2D eigenvalue weighted by molar-refractivity contribution is -0.132. The fourth-order valence-electron chi connectivity index (χ4n) is 4.47. The molecule has 204 valence electrons. The van der Waals surface area contributed by atoms with Crippen LogP contribution in [0.5, 0.6) is 17.2 Å². The van der Waals surface area contributed by atoms with Crippen LogP contribution in [0.4, 0.5) is 9.52 Å². The Labute approximate surface area is 233 Å². The molecule has 1 fully saturated rings. The minimum Gasteiger partial charge on any atom is -0.507 e. The third kappa shape index (κ3) is 4.89. The summed E-state index contributed by atoms with van der Waals surface area (Å²) in [5.41, 5.74) is 1.16. The molecule has 40 heavy (non-hydrogen) atoms. The number of anilines is 1. The molecule has 1 aromatic heterocycles. The van der Waals surface area contributed by atoms with Crippen LogP contribution in [-0.4, -0.2) is 42.1 Å². The van der Waals surface area contributed by atoms with Crippen molar-refractivity contribution in [2.75, 3.05) is 25.2 Å². The molecule has 1 aliphatic heterocycles. The zero-order valence-corrected chi connectivity index (χ0v) is 22.5. The molecule has 1 atom stereocenters. The quantitative estimate of drug-likeness (QED) is 0.115. The highest BCUT2D eigenvalue weighted by atomic mass is 32.1. The third-order valence-electron chi connectivity index (χ3n) is 6.29. The minimum absolute atomic E-state index is 0.122. The molecule has 10 heteroatoms. The van der Waals surface area contributed by atoms with Crippen molar-refractivity contribution in [3.05, 3.63) is 95.8 Å². The SMILES string of the molecule is C=CCOc1ccc(C2/C(=C(\O)c3ccc(OC)cc3)C(=O)C(=O)N2c2nc3ccc(F)cc3s2)cc1OCC. The minimum atomic E-state index is -1.06. The van der Waals surface area contributed by atoms with Crippen LogP contribution in [0, 0.1) is 5.82 Å². The number of aliphatic hydroxyl groups excluding tert-OH is 1. The van der Waals surface area contributed by atoms with Crippen molar-refractivity contribution in [2.45, 2.75) is 13.0 Å². The first-order valence-corrected chi connectivity index (χ1v) is 13.2. The van der Waals surface area contributed by atoms with Crippen LogP contribution in [0.2, 0.25) is 0 Å². The fourth-order valence-corrected chi connectivity index (χ4v) is 5.49. The molecule has 2 heterocycles. The molecule has 0 saturated carbocycles. The number of halogens is 1. The van der Waals surface area contributed by atoms with Gasteiger partial charge in [0.25, 0.3) is 5.78 Å². The summed E-state index contributed by atoms with van der Waals surface area (Å²) < 4.78 is 31.1. The second-order valence-corrected chi connectivity index (χ2v) is 9.75. The molecule has 1 unspecified atom stereocenters. The van der Waals surface area contributed by atoms with Gasteiger partial charge in [-0.05, 0) is 67.1 Å². The number of fused-ring (bicyclic) bond motifs is 1. The topological polar surface area (TPSA) is 98.2 Å². The molecule has 0 radical (unpaired) electrons. The number of ketones is 1. The van der Waals surface area contributed by atoms with Gasteiger partial charge in [-0.1, -0.05) is 30.1 Å². The van der Waals surface area contributed by atoms with Crippen molar-refractivity contribution < 1.29 is 33.3 Å². The van der Waals surface area contributed by atoms with E-state index in [4.69, 9.17) is 14.2 Å². The van der Waals surface area contributed by atoms with Crippen molar-refractivity contribution in [3.8, 4) is 17.2 Å². The van der Waals surface area contributed by atoms with Gasteiger partial charge in [-0.25, -0.2) is 9.37 Å². The first kappa shape index (κ1) is 26.9. The molecular formula is C30H25FN2O6S. The molecule has 0 aliphatic carbocycles. The van der Waals surface area contributed by atoms with Gasteiger partial charge in [-0.15, -0.1) is 0 Å². The summed E-state index contributed by atoms with van der Waals surface area (Å²) in [6.45, 7) is 6.07.